The minimum Gasteiger partial charge on any atom is -0.359 e. The standard InChI is InChI=1S/C12H15BrO2/c1-8(2)7-15-12(4)6-10(13)9(3)5-11(12)14/h5-6H,1,7H2,2-4H3. The minimum absolute atomic E-state index is 0.0237. The maximum Gasteiger partial charge on any atom is 0.191 e. The van der Waals surface area contributed by atoms with Gasteiger partial charge in [0.1, 0.15) is 5.60 Å². The van der Waals surface area contributed by atoms with Crippen molar-refractivity contribution in [1.29, 1.82) is 0 Å². The van der Waals surface area contributed by atoms with Crippen LogP contribution in [0.15, 0.2) is 34.4 Å². The third kappa shape index (κ3) is 2.89. The molecular weight excluding hydrogens is 256 g/mol. The molecule has 0 aromatic carbocycles. The van der Waals surface area contributed by atoms with E-state index < -0.39 is 5.60 Å². The molecule has 82 valence electrons. The van der Waals surface area contributed by atoms with Gasteiger partial charge in [0.15, 0.2) is 5.78 Å². The Balaban J connectivity index is 2.86. The van der Waals surface area contributed by atoms with Crippen molar-refractivity contribution in [3.05, 3.63) is 34.4 Å². The smallest absolute Gasteiger partial charge is 0.191 e. The molecule has 0 fully saturated rings. The summed E-state index contributed by atoms with van der Waals surface area (Å²) in [6.45, 7) is 9.66. The Kier molecular flexibility index (Phi) is 3.68. The summed E-state index contributed by atoms with van der Waals surface area (Å²) in [4.78, 5) is 11.8. The first kappa shape index (κ1) is 12.4. The predicted molar refractivity (Wildman–Crippen MR) is 64.9 cm³/mol. The van der Waals surface area contributed by atoms with E-state index in [2.05, 4.69) is 22.5 Å². The first-order valence-electron chi connectivity index (χ1n) is 4.75. The summed E-state index contributed by atoms with van der Waals surface area (Å²) >= 11 is 3.40. The van der Waals surface area contributed by atoms with Gasteiger partial charge in [-0.3, -0.25) is 4.79 Å². The molecule has 0 bridgehead atoms. The highest BCUT2D eigenvalue weighted by Gasteiger charge is 2.33. The average molecular weight is 271 g/mol. The first-order chi connectivity index (χ1) is 6.85. The SMILES string of the molecule is C=C(C)COC1(C)C=C(Br)C(C)=CC1=O. The summed E-state index contributed by atoms with van der Waals surface area (Å²) in [7, 11) is 0. The van der Waals surface area contributed by atoms with Gasteiger partial charge in [-0.25, -0.2) is 0 Å². The average Bonchev–Trinajstić information content (AvgIpc) is 2.12. The van der Waals surface area contributed by atoms with Gasteiger partial charge < -0.3 is 4.74 Å². The fourth-order valence-electron chi connectivity index (χ4n) is 1.22. The van der Waals surface area contributed by atoms with Gasteiger partial charge >= 0.3 is 0 Å². The number of ketones is 1. The molecule has 1 aliphatic carbocycles. The van der Waals surface area contributed by atoms with Crippen molar-refractivity contribution >= 4 is 21.7 Å². The summed E-state index contributed by atoms with van der Waals surface area (Å²) in [6.07, 6.45) is 3.40. The van der Waals surface area contributed by atoms with Crippen LogP contribution >= 0.6 is 15.9 Å². The number of carbonyl (C=O) groups is 1. The van der Waals surface area contributed by atoms with Gasteiger partial charge in [0.05, 0.1) is 6.61 Å². The molecule has 0 radical (unpaired) electrons. The van der Waals surface area contributed by atoms with Gasteiger partial charge in [0.25, 0.3) is 0 Å². The molecule has 0 amide bonds. The van der Waals surface area contributed by atoms with Crippen LogP contribution in [0.2, 0.25) is 0 Å². The molecule has 0 aromatic heterocycles. The molecule has 0 spiro atoms. The summed E-state index contributed by atoms with van der Waals surface area (Å²) < 4.78 is 6.47. The van der Waals surface area contributed by atoms with E-state index in [1.165, 1.54) is 0 Å². The maximum absolute atomic E-state index is 11.8. The number of ether oxygens (including phenoxy) is 1. The molecule has 0 heterocycles. The lowest BCUT2D eigenvalue weighted by Crippen LogP contribution is -2.37. The summed E-state index contributed by atoms with van der Waals surface area (Å²) in [5.74, 6) is -0.0237. The highest BCUT2D eigenvalue weighted by atomic mass is 79.9. The van der Waals surface area contributed by atoms with Gasteiger partial charge in [0.2, 0.25) is 0 Å². The maximum atomic E-state index is 11.8. The highest BCUT2D eigenvalue weighted by molar-refractivity contribution is 9.12. The quantitative estimate of drug-likeness (QED) is 0.737. The van der Waals surface area contributed by atoms with Crippen molar-refractivity contribution in [3.8, 4) is 0 Å². The monoisotopic (exact) mass is 270 g/mol. The van der Waals surface area contributed by atoms with Gasteiger partial charge in [-0.1, -0.05) is 28.1 Å². The Hall–Kier alpha value is -0.670. The van der Waals surface area contributed by atoms with Crippen molar-refractivity contribution in [2.75, 3.05) is 6.61 Å². The molecule has 15 heavy (non-hydrogen) atoms. The number of halogens is 1. The second-order valence-electron chi connectivity index (χ2n) is 4.04. The second kappa shape index (κ2) is 4.45. The van der Waals surface area contributed by atoms with Crippen LogP contribution in [0.3, 0.4) is 0 Å². The van der Waals surface area contributed by atoms with E-state index >= 15 is 0 Å². The Morgan fingerprint density at radius 3 is 2.80 bits per heavy atom. The zero-order valence-corrected chi connectivity index (χ0v) is 10.8. The van der Waals surface area contributed by atoms with E-state index in [9.17, 15) is 4.79 Å². The lowest BCUT2D eigenvalue weighted by molar-refractivity contribution is -0.131. The van der Waals surface area contributed by atoms with Crippen LogP contribution in [0, 0.1) is 0 Å². The van der Waals surface area contributed by atoms with Gasteiger partial charge in [-0.2, -0.15) is 0 Å². The van der Waals surface area contributed by atoms with Gasteiger partial charge in [-0.05, 0) is 38.5 Å². The molecule has 1 rings (SSSR count). The molecule has 0 aromatic rings. The van der Waals surface area contributed by atoms with Crippen molar-refractivity contribution in [3.63, 3.8) is 0 Å². The molecular formula is C12H15BrO2. The lowest BCUT2D eigenvalue weighted by Gasteiger charge is -2.27. The Morgan fingerprint density at radius 1 is 1.67 bits per heavy atom. The van der Waals surface area contributed by atoms with Crippen molar-refractivity contribution in [1.82, 2.24) is 0 Å². The molecule has 3 heteroatoms. The molecule has 1 unspecified atom stereocenters. The van der Waals surface area contributed by atoms with Gasteiger partial charge in [-0.15, -0.1) is 0 Å². The molecule has 2 nitrogen and oxygen atoms in total. The minimum atomic E-state index is -0.864. The van der Waals surface area contributed by atoms with E-state index in [1.807, 2.05) is 13.8 Å². The van der Waals surface area contributed by atoms with Crippen LogP contribution in [-0.2, 0) is 9.53 Å². The number of hydrogen-bond acceptors (Lipinski definition) is 2. The fraction of sp³-hybridized carbons (Fsp3) is 0.417. The Labute approximate surface area is 98.8 Å². The van der Waals surface area contributed by atoms with E-state index in [0.29, 0.717) is 6.61 Å². The van der Waals surface area contributed by atoms with E-state index in [0.717, 1.165) is 15.6 Å². The van der Waals surface area contributed by atoms with E-state index in [-0.39, 0.29) is 5.78 Å². The third-order valence-corrected chi connectivity index (χ3v) is 3.09. The fourth-order valence-corrected chi connectivity index (χ4v) is 1.77. The molecule has 1 atom stereocenters. The number of allylic oxidation sites excluding steroid dienone is 2. The number of rotatable bonds is 3. The van der Waals surface area contributed by atoms with Crippen LogP contribution in [-0.4, -0.2) is 18.0 Å². The molecule has 0 aliphatic heterocycles. The van der Waals surface area contributed by atoms with Crippen molar-refractivity contribution < 1.29 is 9.53 Å². The van der Waals surface area contributed by atoms with Crippen LogP contribution in [0.4, 0.5) is 0 Å². The van der Waals surface area contributed by atoms with E-state index in [1.54, 1.807) is 19.1 Å². The predicted octanol–water partition coefficient (Wildman–Crippen LogP) is 3.15. The first-order valence-corrected chi connectivity index (χ1v) is 5.54. The van der Waals surface area contributed by atoms with Crippen LogP contribution in [0.1, 0.15) is 20.8 Å². The molecule has 0 N–H and O–H groups in total. The van der Waals surface area contributed by atoms with Crippen LogP contribution in [0.5, 0.6) is 0 Å². The van der Waals surface area contributed by atoms with Crippen molar-refractivity contribution in [2.24, 2.45) is 0 Å². The zero-order chi connectivity index (χ0) is 11.6. The highest BCUT2D eigenvalue weighted by Crippen LogP contribution is 2.29. The van der Waals surface area contributed by atoms with E-state index in [4.69, 9.17) is 4.74 Å². The zero-order valence-electron chi connectivity index (χ0n) is 9.26. The normalized spacial score (nSPS) is 26.0. The Morgan fingerprint density at radius 2 is 2.27 bits per heavy atom. The molecule has 0 saturated carbocycles. The second-order valence-corrected chi connectivity index (χ2v) is 4.89. The summed E-state index contributed by atoms with van der Waals surface area (Å²) in [5.41, 5.74) is 0.966. The topological polar surface area (TPSA) is 26.3 Å². The molecule has 1 aliphatic rings. The lowest BCUT2D eigenvalue weighted by atomic mass is 9.93. The van der Waals surface area contributed by atoms with Gasteiger partial charge in [0, 0.05) is 4.48 Å². The number of hydrogen-bond donors (Lipinski definition) is 0. The third-order valence-electron chi connectivity index (χ3n) is 2.23. The van der Waals surface area contributed by atoms with Crippen molar-refractivity contribution in [2.45, 2.75) is 26.4 Å². The Bertz CT molecular complexity index is 366. The largest absolute Gasteiger partial charge is 0.359 e. The number of carbonyl (C=O) groups excluding carboxylic acids is 1. The summed E-state index contributed by atoms with van der Waals surface area (Å²) in [5, 5.41) is 0. The molecule has 0 saturated heterocycles. The van der Waals surface area contributed by atoms with Crippen LogP contribution in [0.25, 0.3) is 0 Å². The van der Waals surface area contributed by atoms with Crippen LogP contribution < -0.4 is 0 Å². The summed E-state index contributed by atoms with van der Waals surface area (Å²) in [6, 6.07) is 0.